The predicted molar refractivity (Wildman–Crippen MR) is 152 cm³/mol. The number of hydrazone groups is 1. The largest absolute Gasteiger partial charge is 0.261 e. The number of hydrogen-bond acceptors (Lipinski definition) is 3. The van der Waals surface area contributed by atoms with Gasteiger partial charge in [-0.2, -0.15) is 5.10 Å². The van der Waals surface area contributed by atoms with Gasteiger partial charge in [0.05, 0.1) is 11.2 Å². The molecule has 0 saturated carbocycles. The number of pyridine rings is 1. The van der Waals surface area contributed by atoms with Gasteiger partial charge in [0.15, 0.2) is 0 Å². The molecule has 0 spiro atoms. The molecule has 0 amide bonds. The SMILES string of the molecule is C/C(=N\Nc1cc(-c2ccccc2)c2cc(Br)ccc2n1)c1c2ccccc2cc2ccccc12. The second-order valence-electron chi connectivity index (χ2n) is 8.59. The zero-order valence-electron chi connectivity index (χ0n) is 19.2. The van der Waals surface area contributed by atoms with Crippen LogP contribution in [0.15, 0.2) is 119 Å². The standard InChI is InChI=1S/C31H22BrN3/c1-20(31-25-13-7-5-11-22(25)17-23-12-6-8-14-26(23)31)34-35-30-19-27(21-9-3-2-4-10-21)28-18-24(32)15-16-29(28)33-30/h2-19H,1H3,(H,33,35)/b34-20+. The highest BCUT2D eigenvalue weighted by atomic mass is 79.9. The highest BCUT2D eigenvalue weighted by molar-refractivity contribution is 9.10. The predicted octanol–water partition coefficient (Wildman–Crippen LogP) is 8.81. The molecule has 0 unspecified atom stereocenters. The maximum Gasteiger partial charge on any atom is 0.147 e. The lowest BCUT2D eigenvalue weighted by Gasteiger charge is -2.13. The maximum atomic E-state index is 4.85. The van der Waals surface area contributed by atoms with Crippen LogP contribution in [0.4, 0.5) is 5.82 Å². The normalized spacial score (nSPS) is 11.9. The van der Waals surface area contributed by atoms with E-state index in [9.17, 15) is 0 Å². The Morgan fingerprint density at radius 3 is 2.09 bits per heavy atom. The van der Waals surface area contributed by atoms with Crippen molar-refractivity contribution in [1.29, 1.82) is 0 Å². The third-order valence-corrected chi connectivity index (χ3v) is 6.82. The van der Waals surface area contributed by atoms with Crippen LogP contribution < -0.4 is 5.43 Å². The molecule has 6 aromatic rings. The average Bonchev–Trinajstić information content (AvgIpc) is 2.90. The van der Waals surface area contributed by atoms with Gasteiger partial charge in [-0.25, -0.2) is 4.98 Å². The molecule has 1 heterocycles. The van der Waals surface area contributed by atoms with Gasteiger partial charge in [-0.15, -0.1) is 0 Å². The second-order valence-corrected chi connectivity index (χ2v) is 9.50. The quantitative estimate of drug-likeness (QED) is 0.144. The maximum absolute atomic E-state index is 4.85. The Labute approximate surface area is 212 Å². The summed E-state index contributed by atoms with van der Waals surface area (Å²) in [5.74, 6) is 0.711. The van der Waals surface area contributed by atoms with Crippen molar-refractivity contribution in [3.05, 3.63) is 119 Å². The summed E-state index contributed by atoms with van der Waals surface area (Å²) in [6, 6.07) is 37.8. The molecule has 0 atom stereocenters. The summed E-state index contributed by atoms with van der Waals surface area (Å²) < 4.78 is 1.03. The van der Waals surface area contributed by atoms with Gasteiger partial charge in [-0.1, -0.05) is 94.8 Å². The fraction of sp³-hybridized carbons (Fsp3) is 0.0323. The van der Waals surface area contributed by atoms with Crippen molar-refractivity contribution in [1.82, 2.24) is 4.98 Å². The van der Waals surface area contributed by atoms with E-state index in [1.54, 1.807) is 0 Å². The molecule has 0 radical (unpaired) electrons. The van der Waals surface area contributed by atoms with E-state index in [1.165, 1.54) is 21.5 Å². The van der Waals surface area contributed by atoms with Gasteiger partial charge < -0.3 is 0 Å². The van der Waals surface area contributed by atoms with E-state index in [1.807, 2.05) is 18.2 Å². The Bertz CT molecular complexity index is 1690. The van der Waals surface area contributed by atoms with E-state index in [0.29, 0.717) is 5.82 Å². The first kappa shape index (κ1) is 21.5. The van der Waals surface area contributed by atoms with Crippen molar-refractivity contribution < 1.29 is 0 Å². The molecule has 3 nitrogen and oxygen atoms in total. The molecule has 0 saturated heterocycles. The second kappa shape index (κ2) is 8.97. The number of benzene rings is 5. The van der Waals surface area contributed by atoms with Gasteiger partial charge in [-0.05, 0) is 69.9 Å². The van der Waals surface area contributed by atoms with Crippen LogP contribution in [0.3, 0.4) is 0 Å². The zero-order valence-corrected chi connectivity index (χ0v) is 20.8. The number of halogens is 1. The average molecular weight is 516 g/mol. The first-order valence-corrected chi connectivity index (χ1v) is 12.3. The number of aromatic nitrogens is 1. The molecule has 1 aromatic heterocycles. The van der Waals surface area contributed by atoms with Crippen LogP contribution in [0.5, 0.6) is 0 Å². The van der Waals surface area contributed by atoms with Gasteiger partial charge in [0.2, 0.25) is 0 Å². The summed E-state index contributed by atoms with van der Waals surface area (Å²) in [6.07, 6.45) is 0. The van der Waals surface area contributed by atoms with Crippen molar-refractivity contribution >= 4 is 59.9 Å². The van der Waals surface area contributed by atoms with E-state index in [4.69, 9.17) is 10.1 Å². The van der Waals surface area contributed by atoms with Crippen molar-refractivity contribution in [2.75, 3.05) is 5.43 Å². The number of anilines is 1. The molecule has 6 rings (SSSR count). The van der Waals surface area contributed by atoms with Gasteiger partial charge in [0.1, 0.15) is 5.82 Å². The molecule has 168 valence electrons. The number of nitrogens with zero attached hydrogens (tertiary/aromatic N) is 2. The fourth-order valence-corrected chi connectivity index (χ4v) is 5.07. The summed E-state index contributed by atoms with van der Waals surface area (Å²) in [7, 11) is 0. The van der Waals surface area contributed by atoms with Crippen LogP contribution >= 0.6 is 15.9 Å². The Morgan fingerprint density at radius 1 is 0.714 bits per heavy atom. The molecule has 35 heavy (non-hydrogen) atoms. The number of fused-ring (bicyclic) bond motifs is 3. The molecule has 0 bridgehead atoms. The first-order valence-electron chi connectivity index (χ1n) is 11.5. The minimum absolute atomic E-state index is 0.711. The minimum atomic E-state index is 0.711. The Kier molecular flexibility index (Phi) is 5.51. The smallest absolute Gasteiger partial charge is 0.147 e. The minimum Gasteiger partial charge on any atom is -0.261 e. The molecule has 1 N–H and O–H groups in total. The molecule has 5 aromatic carbocycles. The van der Waals surface area contributed by atoms with Crippen molar-refractivity contribution in [3.63, 3.8) is 0 Å². The molecule has 0 fully saturated rings. The molecule has 0 aliphatic heterocycles. The number of hydrogen-bond donors (Lipinski definition) is 1. The third kappa shape index (κ3) is 4.07. The Hall–Kier alpha value is -4.02. The van der Waals surface area contributed by atoms with Gasteiger partial charge in [0, 0.05) is 15.4 Å². The van der Waals surface area contributed by atoms with Crippen molar-refractivity contribution in [3.8, 4) is 11.1 Å². The highest BCUT2D eigenvalue weighted by Crippen LogP contribution is 2.33. The molecular formula is C31H22BrN3. The number of rotatable bonds is 4. The highest BCUT2D eigenvalue weighted by Gasteiger charge is 2.12. The first-order chi connectivity index (χ1) is 17.2. The van der Waals surface area contributed by atoms with Gasteiger partial charge >= 0.3 is 0 Å². The lowest BCUT2D eigenvalue weighted by atomic mass is 9.94. The Morgan fingerprint density at radius 2 is 1.37 bits per heavy atom. The van der Waals surface area contributed by atoms with Crippen molar-refractivity contribution in [2.24, 2.45) is 5.10 Å². The molecular weight excluding hydrogens is 494 g/mol. The molecule has 0 aliphatic rings. The molecule has 0 aliphatic carbocycles. The van der Waals surface area contributed by atoms with Crippen LogP contribution in [-0.2, 0) is 0 Å². The summed E-state index contributed by atoms with van der Waals surface area (Å²) in [5, 5.41) is 10.7. The summed E-state index contributed by atoms with van der Waals surface area (Å²) in [6.45, 7) is 2.05. The summed E-state index contributed by atoms with van der Waals surface area (Å²) in [4.78, 5) is 4.85. The lowest BCUT2D eigenvalue weighted by molar-refractivity contribution is 1.25. The lowest BCUT2D eigenvalue weighted by Crippen LogP contribution is -2.03. The number of nitrogens with one attached hydrogen (secondary N) is 1. The van der Waals surface area contributed by atoms with Gasteiger partial charge in [-0.3, -0.25) is 5.43 Å². The van der Waals surface area contributed by atoms with Crippen LogP contribution in [0.25, 0.3) is 43.6 Å². The third-order valence-electron chi connectivity index (χ3n) is 6.33. The van der Waals surface area contributed by atoms with Crippen LogP contribution in [0.1, 0.15) is 12.5 Å². The zero-order chi connectivity index (χ0) is 23.8. The van der Waals surface area contributed by atoms with E-state index < -0.39 is 0 Å². The van der Waals surface area contributed by atoms with E-state index in [0.717, 1.165) is 37.8 Å². The summed E-state index contributed by atoms with van der Waals surface area (Å²) >= 11 is 3.61. The van der Waals surface area contributed by atoms with Crippen LogP contribution in [0, 0.1) is 0 Å². The Balaban J connectivity index is 1.48. The van der Waals surface area contributed by atoms with Crippen LogP contribution in [-0.4, -0.2) is 10.7 Å². The van der Waals surface area contributed by atoms with Crippen molar-refractivity contribution in [2.45, 2.75) is 6.92 Å². The van der Waals surface area contributed by atoms with Gasteiger partial charge in [0.25, 0.3) is 0 Å². The van der Waals surface area contributed by atoms with Crippen LogP contribution in [0.2, 0.25) is 0 Å². The topological polar surface area (TPSA) is 37.3 Å². The molecule has 4 heteroatoms. The van der Waals surface area contributed by atoms with E-state index in [2.05, 4.69) is 119 Å². The fourth-order valence-electron chi connectivity index (χ4n) is 4.71. The summed E-state index contributed by atoms with van der Waals surface area (Å²) in [5.41, 5.74) is 8.48. The van der Waals surface area contributed by atoms with E-state index >= 15 is 0 Å². The van der Waals surface area contributed by atoms with E-state index in [-0.39, 0.29) is 0 Å². The monoisotopic (exact) mass is 515 g/mol.